The van der Waals surface area contributed by atoms with Gasteiger partial charge < -0.3 is 28.4 Å². The van der Waals surface area contributed by atoms with Gasteiger partial charge in [0.1, 0.15) is 47.1 Å². The van der Waals surface area contributed by atoms with Gasteiger partial charge in [-0.1, -0.05) is 36.5 Å². The van der Waals surface area contributed by atoms with Crippen molar-refractivity contribution in [1.29, 1.82) is 0 Å². The van der Waals surface area contributed by atoms with Crippen molar-refractivity contribution in [2.45, 2.75) is 131 Å². The van der Waals surface area contributed by atoms with Crippen LogP contribution in [0.5, 0.6) is 11.5 Å². The molecule has 0 amide bonds. The van der Waals surface area contributed by atoms with Crippen LogP contribution >= 0.6 is 0 Å². The first kappa shape index (κ1) is 45.3. The first-order valence-corrected chi connectivity index (χ1v) is 18.3. The van der Waals surface area contributed by atoms with Crippen LogP contribution in [0.4, 0.5) is 0 Å². The molecule has 54 heavy (non-hydrogen) atoms. The lowest BCUT2D eigenvalue weighted by atomic mass is 10.1. The Balaban J connectivity index is 1.85. The first-order chi connectivity index (χ1) is 24.9. The third-order valence-corrected chi connectivity index (χ3v) is 6.54. The molecule has 2 aromatic carbocycles. The number of carbonyl (C=O) groups excluding carboxylic acids is 4. The van der Waals surface area contributed by atoms with Crippen molar-refractivity contribution < 1.29 is 47.6 Å². The van der Waals surface area contributed by atoms with E-state index in [1.54, 1.807) is 107 Å². The average Bonchev–Trinajstić information content (AvgIpc) is 3.01. The van der Waals surface area contributed by atoms with Crippen LogP contribution in [-0.4, -0.2) is 59.5 Å². The van der Waals surface area contributed by atoms with Crippen molar-refractivity contribution in [2.24, 2.45) is 0 Å². The molecule has 0 fully saturated rings. The van der Waals surface area contributed by atoms with Crippen LogP contribution in [0.1, 0.15) is 150 Å². The summed E-state index contributed by atoms with van der Waals surface area (Å²) in [6.07, 6.45) is 15.4. The molecule has 10 heteroatoms. The maximum Gasteiger partial charge on any atom is 0.338 e. The lowest BCUT2D eigenvalue weighted by molar-refractivity contribution is 0.00458. The number of carbonyl (C=O) groups is 4. The minimum atomic E-state index is -0.693. The molecule has 0 radical (unpaired) electrons. The molecule has 0 bridgehead atoms. The quantitative estimate of drug-likeness (QED) is 0.0709. The van der Waals surface area contributed by atoms with Gasteiger partial charge in [0.15, 0.2) is 0 Å². The van der Waals surface area contributed by atoms with Gasteiger partial charge in [-0.25, -0.2) is 19.2 Å². The molecule has 0 aliphatic heterocycles. The van der Waals surface area contributed by atoms with Gasteiger partial charge >= 0.3 is 23.9 Å². The third-order valence-electron chi connectivity index (χ3n) is 6.54. The molecule has 2 aromatic rings. The van der Waals surface area contributed by atoms with Crippen LogP contribution in [0.3, 0.4) is 0 Å². The molecule has 0 aromatic heterocycles. The number of allylic oxidation sites excluding steroid dienone is 4. The molecule has 0 N–H and O–H groups in total. The normalized spacial score (nSPS) is 12.6. The lowest BCUT2D eigenvalue weighted by Crippen LogP contribution is -2.25. The fourth-order valence-corrected chi connectivity index (χ4v) is 4.47. The average molecular weight is 749 g/mol. The van der Waals surface area contributed by atoms with E-state index in [0.29, 0.717) is 11.5 Å². The molecule has 0 spiro atoms. The molecule has 0 saturated heterocycles. The van der Waals surface area contributed by atoms with E-state index >= 15 is 0 Å². The molecular formula is C44H60O10. The number of esters is 4. The SMILES string of the molecule is CC(C)(C)OC(=O)c1cc(OCC=CCCC=CCCC=CCOc2cc(C(=O)OC(C)(C)C)cc(C(=O)OC(C)(C)C)c2)cc(C(=O)OC(C)(C)C)c1. The third kappa shape index (κ3) is 19.3. The number of hydrogen-bond donors (Lipinski definition) is 0. The predicted octanol–water partition coefficient (Wildman–Crippen LogP) is 10.2. The summed E-state index contributed by atoms with van der Waals surface area (Å²) < 4.78 is 33.7. The number of benzene rings is 2. The summed E-state index contributed by atoms with van der Waals surface area (Å²) in [5.74, 6) is -1.49. The Morgan fingerprint density at radius 2 is 0.611 bits per heavy atom. The molecule has 296 valence electrons. The van der Waals surface area contributed by atoms with Gasteiger partial charge in [-0.3, -0.25) is 0 Å². The number of unbranched alkanes of at least 4 members (excludes halogenated alkanes) is 2. The van der Waals surface area contributed by atoms with E-state index in [0.717, 1.165) is 25.7 Å². The van der Waals surface area contributed by atoms with Crippen LogP contribution in [0.2, 0.25) is 0 Å². The summed E-state index contributed by atoms with van der Waals surface area (Å²) in [5.41, 5.74) is -1.94. The minimum Gasteiger partial charge on any atom is -0.489 e. The summed E-state index contributed by atoms with van der Waals surface area (Å²) in [4.78, 5) is 51.0. The zero-order valence-electron chi connectivity index (χ0n) is 34.3. The number of rotatable bonds is 16. The smallest absolute Gasteiger partial charge is 0.338 e. The Morgan fingerprint density at radius 1 is 0.389 bits per heavy atom. The van der Waals surface area contributed by atoms with Gasteiger partial charge in [-0.2, -0.15) is 0 Å². The van der Waals surface area contributed by atoms with Crippen LogP contribution in [-0.2, 0) is 18.9 Å². The molecule has 2 rings (SSSR count). The predicted molar refractivity (Wildman–Crippen MR) is 210 cm³/mol. The molecule has 0 heterocycles. The highest BCUT2D eigenvalue weighted by atomic mass is 16.6. The largest absolute Gasteiger partial charge is 0.489 e. The van der Waals surface area contributed by atoms with Crippen molar-refractivity contribution >= 4 is 23.9 Å². The van der Waals surface area contributed by atoms with Gasteiger partial charge in [0.25, 0.3) is 0 Å². The summed E-state index contributed by atoms with van der Waals surface area (Å²) in [6.45, 7) is 21.8. The van der Waals surface area contributed by atoms with Crippen LogP contribution in [0.15, 0.2) is 72.9 Å². The van der Waals surface area contributed by atoms with Crippen molar-refractivity contribution in [1.82, 2.24) is 0 Å². The Labute approximate surface area is 321 Å². The van der Waals surface area contributed by atoms with E-state index in [2.05, 4.69) is 12.2 Å². The van der Waals surface area contributed by atoms with E-state index < -0.39 is 46.3 Å². The van der Waals surface area contributed by atoms with Crippen molar-refractivity contribution in [3.63, 3.8) is 0 Å². The number of ether oxygens (including phenoxy) is 6. The van der Waals surface area contributed by atoms with Gasteiger partial charge in [0.2, 0.25) is 0 Å². The fraction of sp³-hybridized carbons (Fsp3) is 0.500. The Hall–Kier alpha value is -4.86. The Morgan fingerprint density at radius 3 is 0.833 bits per heavy atom. The van der Waals surface area contributed by atoms with Crippen molar-refractivity contribution in [2.75, 3.05) is 13.2 Å². The molecule has 0 unspecified atom stereocenters. The second-order valence-electron chi connectivity index (χ2n) is 16.7. The topological polar surface area (TPSA) is 124 Å². The van der Waals surface area contributed by atoms with E-state index in [-0.39, 0.29) is 35.5 Å². The molecule has 0 aliphatic rings. The highest BCUT2D eigenvalue weighted by Gasteiger charge is 2.25. The standard InChI is InChI=1S/C44H60O10/c1-41(2,3)51-37(45)31-25-32(38(46)52-42(4,5)6)28-35(27-31)49-23-21-19-17-15-13-14-16-18-20-22-24-50-36-29-33(39(47)53-43(7,8)9)26-34(30-36)40(48)54-44(10,11)12/h13-14,19-22,25-30H,15-18,23-24H2,1-12H3. The zero-order valence-corrected chi connectivity index (χ0v) is 34.3. The van der Waals surface area contributed by atoms with Crippen molar-refractivity contribution in [3.8, 4) is 11.5 Å². The van der Waals surface area contributed by atoms with E-state index in [1.807, 2.05) is 24.3 Å². The van der Waals surface area contributed by atoms with Crippen LogP contribution in [0, 0.1) is 0 Å². The van der Waals surface area contributed by atoms with E-state index in [9.17, 15) is 19.2 Å². The highest BCUT2D eigenvalue weighted by Crippen LogP contribution is 2.24. The van der Waals surface area contributed by atoms with E-state index in [4.69, 9.17) is 28.4 Å². The molecular weight excluding hydrogens is 688 g/mol. The lowest BCUT2D eigenvalue weighted by Gasteiger charge is -2.21. The van der Waals surface area contributed by atoms with Gasteiger partial charge in [0, 0.05) is 0 Å². The van der Waals surface area contributed by atoms with Gasteiger partial charge in [0.05, 0.1) is 22.3 Å². The maximum absolute atomic E-state index is 12.8. The summed E-state index contributed by atoms with van der Waals surface area (Å²) in [5, 5.41) is 0. The first-order valence-electron chi connectivity index (χ1n) is 18.3. The molecule has 0 saturated carbocycles. The van der Waals surface area contributed by atoms with E-state index in [1.165, 1.54) is 12.1 Å². The van der Waals surface area contributed by atoms with Crippen molar-refractivity contribution in [3.05, 3.63) is 95.1 Å². The second-order valence-corrected chi connectivity index (χ2v) is 16.7. The molecule has 0 aliphatic carbocycles. The highest BCUT2D eigenvalue weighted by molar-refractivity contribution is 5.97. The van der Waals surface area contributed by atoms with Gasteiger partial charge in [-0.05, 0) is 145 Å². The monoisotopic (exact) mass is 748 g/mol. The maximum atomic E-state index is 12.8. The van der Waals surface area contributed by atoms with Crippen LogP contribution < -0.4 is 9.47 Å². The second kappa shape index (κ2) is 20.0. The van der Waals surface area contributed by atoms with Crippen LogP contribution in [0.25, 0.3) is 0 Å². The zero-order chi connectivity index (χ0) is 40.7. The Kier molecular flexibility index (Phi) is 16.8. The molecule has 10 nitrogen and oxygen atoms in total. The summed E-state index contributed by atoms with van der Waals surface area (Å²) in [6, 6.07) is 9.16. The Bertz CT molecular complexity index is 1450. The molecule has 0 atom stereocenters. The summed E-state index contributed by atoms with van der Waals surface area (Å²) >= 11 is 0. The fourth-order valence-electron chi connectivity index (χ4n) is 4.47. The minimum absolute atomic E-state index is 0.207. The summed E-state index contributed by atoms with van der Waals surface area (Å²) in [7, 11) is 0. The van der Waals surface area contributed by atoms with Gasteiger partial charge in [-0.15, -0.1) is 0 Å². The number of hydrogen-bond acceptors (Lipinski definition) is 10.